The summed E-state index contributed by atoms with van der Waals surface area (Å²) in [7, 11) is 2.86. The van der Waals surface area contributed by atoms with Crippen LogP contribution < -0.4 is 15.9 Å². The Morgan fingerprint density at radius 2 is 1.96 bits per heavy atom. The second kappa shape index (κ2) is 16.6. The van der Waals surface area contributed by atoms with Gasteiger partial charge in [-0.15, -0.1) is 21.0 Å². The molecule has 0 radical (unpaired) electrons. The molecule has 256 valence electrons. The van der Waals surface area contributed by atoms with Gasteiger partial charge >= 0.3 is 0 Å². The largest absolute Gasteiger partial charge is 0.400 e. The van der Waals surface area contributed by atoms with Gasteiger partial charge in [-0.3, -0.25) is 0 Å². The fraction of sp³-hybridized carbons (Fsp3) is 0.541. The molecule has 0 aliphatic carbocycles. The van der Waals surface area contributed by atoms with Gasteiger partial charge in [-0.2, -0.15) is 5.26 Å². The van der Waals surface area contributed by atoms with Gasteiger partial charge in [0.1, 0.15) is 11.9 Å². The Morgan fingerprint density at radius 1 is 1.32 bits per heavy atom. The van der Waals surface area contributed by atoms with Gasteiger partial charge in [-0.25, -0.2) is 14.4 Å². The third-order valence-corrected chi connectivity index (χ3v) is 10.9. The molecule has 3 aliphatic heterocycles. The Labute approximate surface area is 287 Å². The summed E-state index contributed by atoms with van der Waals surface area (Å²) in [6.45, 7) is 22.1. The number of aliphatic hydroxyl groups is 1. The number of nitrogens with two attached hydrogens (primary N) is 1. The molecule has 3 aliphatic rings. The quantitative estimate of drug-likeness (QED) is 0.294. The van der Waals surface area contributed by atoms with Crippen molar-refractivity contribution in [1.29, 1.82) is 5.26 Å². The lowest BCUT2D eigenvalue weighted by Gasteiger charge is -2.27. The molecular formula is C37H53FN5O2PS. The van der Waals surface area contributed by atoms with Crippen LogP contribution in [0.25, 0.3) is 16.5 Å². The van der Waals surface area contributed by atoms with E-state index in [1.807, 2.05) is 45.7 Å². The molecule has 0 bridgehead atoms. The zero-order valence-corrected chi connectivity index (χ0v) is 31.8. The summed E-state index contributed by atoms with van der Waals surface area (Å²) in [5, 5.41) is 22.8. The minimum Gasteiger partial charge on any atom is -0.400 e. The predicted molar refractivity (Wildman–Crippen MR) is 200 cm³/mol. The van der Waals surface area contributed by atoms with E-state index in [9.17, 15) is 10.4 Å². The monoisotopic (exact) mass is 681 g/mol. The van der Waals surface area contributed by atoms with E-state index in [1.54, 1.807) is 6.92 Å². The van der Waals surface area contributed by atoms with Gasteiger partial charge in [-0.1, -0.05) is 66.5 Å². The smallest absolute Gasteiger partial charge is 0.226 e. The van der Waals surface area contributed by atoms with Crippen LogP contribution in [-0.2, 0) is 18.0 Å². The van der Waals surface area contributed by atoms with Crippen molar-refractivity contribution >= 4 is 48.7 Å². The Morgan fingerprint density at radius 3 is 2.49 bits per heavy atom. The lowest BCUT2D eigenvalue weighted by Crippen LogP contribution is -2.33. The van der Waals surface area contributed by atoms with Crippen LogP contribution in [0.1, 0.15) is 98.8 Å². The second-order valence-electron chi connectivity index (χ2n) is 12.8. The number of fused-ring (bicyclic) bond motifs is 3. The van der Waals surface area contributed by atoms with E-state index in [0.717, 1.165) is 50.0 Å². The first-order valence-corrected chi connectivity index (χ1v) is 18.3. The molecule has 1 aromatic heterocycles. The zero-order chi connectivity index (χ0) is 35.2. The third-order valence-electron chi connectivity index (χ3n) is 9.16. The molecule has 4 heterocycles. The maximum absolute atomic E-state index is 15.4. The molecule has 7 nitrogen and oxygen atoms in total. The molecule has 1 saturated heterocycles. The molecule has 2 aromatic rings. The van der Waals surface area contributed by atoms with E-state index in [0.29, 0.717) is 66.2 Å². The highest BCUT2D eigenvalue weighted by molar-refractivity contribution is 8.03. The Hall–Kier alpha value is -2.76. The average Bonchev–Trinajstić information content (AvgIpc) is 3.66. The molecule has 3 unspecified atom stereocenters. The van der Waals surface area contributed by atoms with Crippen molar-refractivity contribution in [3.05, 3.63) is 62.1 Å². The number of rotatable bonds is 6. The molecule has 0 saturated carbocycles. The normalized spacial score (nSPS) is 21.7. The molecule has 3 atom stereocenters. The first-order valence-electron chi connectivity index (χ1n) is 16.7. The number of β-amino-alcohol motifs (C(OH)–C–C–N with tert-alkyl or cyclic N) is 1. The van der Waals surface area contributed by atoms with Gasteiger partial charge in [0.05, 0.1) is 34.8 Å². The number of nitriles is 1. The minimum absolute atomic E-state index is 0.0744. The van der Waals surface area contributed by atoms with Gasteiger partial charge in [-0.05, 0) is 55.4 Å². The molecule has 0 spiro atoms. The number of ether oxygens (including phenoxy) is 1. The van der Waals surface area contributed by atoms with Crippen LogP contribution in [-0.4, -0.2) is 39.5 Å². The summed E-state index contributed by atoms with van der Waals surface area (Å²) in [6.07, 6.45) is 5.27. The summed E-state index contributed by atoms with van der Waals surface area (Å²) in [5.74, 6) is 1.49. The lowest BCUT2D eigenvalue weighted by molar-refractivity contribution is 0.0443. The number of benzene rings is 1. The predicted octanol–water partition coefficient (Wildman–Crippen LogP) is 8.24. The highest BCUT2D eigenvalue weighted by Gasteiger charge is 2.40. The van der Waals surface area contributed by atoms with Crippen LogP contribution in [0.3, 0.4) is 0 Å². The number of thioether (sulfide) groups is 1. The Kier molecular flexibility index (Phi) is 13.6. The number of anilines is 1. The minimum atomic E-state index is -0.828. The van der Waals surface area contributed by atoms with Crippen molar-refractivity contribution in [3.63, 3.8) is 0 Å². The maximum atomic E-state index is 15.4. The SMILES string of the molecule is C/C=C(/F)C1=C(/C(=C(\C)CC)c2c3c(c4cnc(N5CC(C)C(C)(O)C5)nc4c2P)COC3)C(C#N)=C(N)CS1.CC.CCC(C)C. The average molecular weight is 682 g/mol. The summed E-state index contributed by atoms with van der Waals surface area (Å²) in [4.78, 5) is 12.2. The molecule has 3 N–H and O–H groups in total. The van der Waals surface area contributed by atoms with Crippen LogP contribution in [0.5, 0.6) is 0 Å². The molecule has 1 aromatic carbocycles. The Balaban J connectivity index is 0.000000784. The molecule has 1 fully saturated rings. The highest BCUT2D eigenvalue weighted by atomic mass is 32.2. The number of allylic oxidation sites excluding steroid dienone is 6. The van der Waals surface area contributed by atoms with Crippen LogP contribution in [0.15, 0.2) is 45.4 Å². The second-order valence-corrected chi connectivity index (χ2v) is 14.3. The molecule has 0 amide bonds. The topological polar surface area (TPSA) is 108 Å². The molecular weight excluding hydrogens is 628 g/mol. The highest BCUT2D eigenvalue weighted by Crippen LogP contribution is 2.47. The van der Waals surface area contributed by atoms with E-state index >= 15 is 4.39 Å². The fourth-order valence-electron chi connectivity index (χ4n) is 5.68. The van der Waals surface area contributed by atoms with Gasteiger partial charge in [0.25, 0.3) is 0 Å². The van der Waals surface area contributed by atoms with Crippen molar-refractivity contribution < 1.29 is 14.2 Å². The standard InChI is InChI=1S/C30H35FN5O2PS.C5H12.C2H6/c1-6-15(3)23(25-17(8-32)22(33)13-40-28(25)21(31)7-2)24-20-12-38-11-19(20)18-9-34-29(35-26(18)27(24)39)36-10-16(4)30(5,37)14-36;1-4-5(2)3;1-2/h7,9,16,37H,6,10-14,33,39H2,1-5H3;5H,4H2,1-3H3;1-2H3/b21-7+,23-15+;;. The third kappa shape index (κ3) is 7.94. The number of halogens is 1. The number of hydrogen-bond acceptors (Lipinski definition) is 8. The van der Waals surface area contributed by atoms with E-state index in [4.69, 9.17) is 20.4 Å². The van der Waals surface area contributed by atoms with E-state index < -0.39 is 5.60 Å². The van der Waals surface area contributed by atoms with Crippen LogP contribution in [0.4, 0.5) is 10.3 Å². The summed E-state index contributed by atoms with van der Waals surface area (Å²) >= 11 is 1.32. The number of nitrogens with zero attached hydrogens (tertiary/aromatic N) is 4. The van der Waals surface area contributed by atoms with E-state index in [1.165, 1.54) is 24.3 Å². The first kappa shape index (κ1) is 38.7. The fourth-order valence-corrected chi connectivity index (χ4v) is 7.27. The zero-order valence-electron chi connectivity index (χ0n) is 29.8. The molecule has 47 heavy (non-hydrogen) atoms. The van der Waals surface area contributed by atoms with Crippen molar-refractivity contribution in [2.45, 2.75) is 101 Å². The van der Waals surface area contributed by atoms with E-state index in [-0.39, 0.29) is 11.7 Å². The van der Waals surface area contributed by atoms with Crippen LogP contribution in [0.2, 0.25) is 0 Å². The van der Waals surface area contributed by atoms with Gasteiger partial charge in [0.2, 0.25) is 5.95 Å². The van der Waals surface area contributed by atoms with E-state index in [2.05, 4.69) is 43.0 Å². The van der Waals surface area contributed by atoms with Crippen molar-refractivity contribution in [3.8, 4) is 6.07 Å². The van der Waals surface area contributed by atoms with Crippen molar-refractivity contribution in [2.24, 2.45) is 17.6 Å². The van der Waals surface area contributed by atoms with Gasteiger partial charge < -0.3 is 20.5 Å². The van der Waals surface area contributed by atoms with Crippen molar-refractivity contribution in [1.82, 2.24) is 9.97 Å². The molecule has 5 rings (SSSR count). The first-order chi connectivity index (χ1) is 22.3. The molecule has 10 heteroatoms. The van der Waals surface area contributed by atoms with Crippen LogP contribution in [0, 0.1) is 23.2 Å². The van der Waals surface area contributed by atoms with Crippen molar-refractivity contribution in [2.75, 3.05) is 23.7 Å². The lowest BCUT2D eigenvalue weighted by atomic mass is 9.83. The van der Waals surface area contributed by atoms with Gasteiger partial charge in [0, 0.05) is 52.9 Å². The Bertz CT molecular complexity index is 1650. The summed E-state index contributed by atoms with van der Waals surface area (Å²) in [6, 6.07) is 2.29. The summed E-state index contributed by atoms with van der Waals surface area (Å²) in [5.41, 5.74) is 12.3. The number of hydrogen-bond donors (Lipinski definition) is 2. The summed E-state index contributed by atoms with van der Waals surface area (Å²) < 4.78 is 21.4. The maximum Gasteiger partial charge on any atom is 0.226 e. The number of aromatic nitrogens is 2. The van der Waals surface area contributed by atoms with Gasteiger partial charge in [0.15, 0.2) is 0 Å². The van der Waals surface area contributed by atoms with Crippen LogP contribution >= 0.6 is 21.0 Å².